The first-order valence-corrected chi connectivity index (χ1v) is 9.29. The van der Waals surface area contributed by atoms with Gasteiger partial charge < -0.3 is 15.2 Å². The van der Waals surface area contributed by atoms with Crippen LogP contribution in [0.25, 0.3) is 10.9 Å². The highest BCUT2D eigenvalue weighted by Gasteiger charge is 2.15. The van der Waals surface area contributed by atoms with E-state index < -0.39 is 0 Å². The van der Waals surface area contributed by atoms with Gasteiger partial charge in [0.2, 0.25) is 0 Å². The minimum Gasteiger partial charge on any atom is -0.321 e. The van der Waals surface area contributed by atoms with Crippen molar-refractivity contribution in [2.45, 2.75) is 26.8 Å². The molecule has 0 fully saturated rings. The number of hydrogen-bond acceptors (Lipinski definition) is 3. The summed E-state index contributed by atoms with van der Waals surface area (Å²) in [6.45, 7) is 5.64. The number of rotatable bonds is 7. The lowest BCUT2D eigenvalue weighted by atomic mass is 10.1. The Hall–Kier alpha value is -2.99. The van der Waals surface area contributed by atoms with E-state index in [4.69, 9.17) is 0 Å². The molecule has 1 unspecified atom stereocenters. The molecule has 27 heavy (non-hydrogen) atoms. The quantitative estimate of drug-likeness (QED) is 0.594. The summed E-state index contributed by atoms with van der Waals surface area (Å²) in [7, 11) is 0. The third-order valence-corrected chi connectivity index (χ3v) is 4.61. The van der Waals surface area contributed by atoms with Crippen molar-refractivity contribution >= 4 is 22.5 Å². The molecule has 1 amide bonds. The van der Waals surface area contributed by atoms with Crippen LogP contribution in [0, 0.1) is 0 Å². The van der Waals surface area contributed by atoms with Crippen molar-refractivity contribution < 1.29 is 9.69 Å². The molecule has 3 N–H and O–H groups in total. The molecule has 1 atom stereocenters. The lowest BCUT2D eigenvalue weighted by Gasteiger charge is -2.17. The van der Waals surface area contributed by atoms with Gasteiger partial charge in [-0.2, -0.15) is 0 Å². The van der Waals surface area contributed by atoms with E-state index in [0.29, 0.717) is 29.8 Å². The van der Waals surface area contributed by atoms with Crippen molar-refractivity contribution in [3.63, 3.8) is 0 Å². The number of fused-ring (bicyclic) bond motifs is 1. The van der Waals surface area contributed by atoms with Crippen LogP contribution in [0.5, 0.6) is 0 Å². The molecule has 6 heteroatoms. The Kier molecular flexibility index (Phi) is 5.98. The Morgan fingerprint density at radius 1 is 1.15 bits per heavy atom. The highest BCUT2D eigenvalue weighted by atomic mass is 16.2. The number of carbonyl (C=O) groups is 1. The van der Waals surface area contributed by atoms with Crippen molar-refractivity contribution in [2.75, 3.05) is 18.4 Å². The Bertz CT molecular complexity index is 997. The largest absolute Gasteiger partial charge is 0.321 e. The van der Waals surface area contributed by atoms with E-state index >= 15 is 0 Å². The fraction of sp³-hybridized carbons (Fsp3) is 0.286. The highest BCUT2D eigenvalue weighted by molar-refractivity contribution is 5.91. The van der Waals surface area contributed by atoms with Crippen LogP contribution >= 0.6 is 0 Å². The molecule has 0 aliphatic heterocycles. The summed E-state index contributed by atoms with van der Waals surface area (Å²) in [5, 5.41) is 3.53. The maximum atomic E-state index is 12.4. The third-order valence-electron chi connectivity index (χ3n) is 4.61. The van der Waals surface area contributed by atoms with Gasteiger partial charge in [0.1, 0.15) is 6.54 Å². The Morgan fingerprint density at radius 2 is 1.96 bits per heavy atom. The number of nitrogens with zero attached hydrogens (tertiary/aromatic N) is 1. The smallest absolute Gasteiger partial charge is 0.279 e. The molecule has 0 saturated carbocycles. The number of H-pyrrole nitrogens is 1. The second-order valence-corrected chi connectivity index (χ2v) is 6.59. The lowest BCUT2D eigenvalue weighted by molar-refractivity contribution is -0.904. The molecule has 0 saturated heterocycles. The molecule has 1 aromatic heterocycles. The van der Waals surface area contributed by atoms with Gasteiger partial charge in [-0.3, -0.25) is 9.59 Å². The van der Waals surface area contributed by atoms with Crippen molar-refractivity contribution in [3.05, 3.63) is 70.3 Å². The van der Waals surface area contributed by atoms with E-state index in [9.17, 15) is 9.59 Å². The first-order valence-electron chi connectivity index (χ1n) is 9.29. The van der Waals surface area contributed by atoms with Crippen molar-refractivity contribution in [1.82, 2.24) is 9.97 Å². The predicted octanol–water partition coefficient (Wildman–Crippen LogP) is 1.53. The van der Waals surface area contributed by atoms with Crippen LogP contribution in [-0.4, -0.2) is 29.0 Å². The van der Waals surface area contributed by atoms with Gasteiger partial charge in [0.15, 0.2) is 12.4 Å². The van der Waals surface area contributed by atoms with Gasteiger partial charge in [0.25, 0.3) is 11.5 Å². The van der Waals surface area contributed by atoms with E-state index in [-0.39, 0.29) is 11.5 Å². The Balaban J connectivity index is 1.68. The molecule has 0 bridgehead atoms. The number of carbonyl (C=O) groups excluding carboxylic acids is 1. The zero-order valence-corrected chi connectivity index (χ0v) is 15.7. The number of para-hydroxylation sites is 1. The fourth-order valence-corrected chi connectivity index (χ4v) is 3.07. The Labute approximate surface area is 158 Å². The predicted molar refractivity (Wildman–Crippen MR) is 107 cm³/mol. The van der Waals surface area contributed by atoms with Crippen LogP contribution in [0.15, 0.2) is 53.3 Å². The molecule has 2 aromatic carbocycles. The average Bonchev–Trinajstić information content (AvgIpc) is 2.67. The summed E-state index contributed by atoms with van der Waals surface area (Å²) >= 11 is 0. The van der Waals surface area contributed by atoms with Gasteiger partial charge in [-0.1, -0.05) is 31.2 Å². The van der Waals surface area contributed by atoms with Crippen LogP contribution in [0.4, 0.5) is 5.69 Å². The highest BCUT2D eigenvalue weighted by Crippen LogP contribution is 2.10. The fourth-order valence-electron chi connectivity index (χ4n) is 3.07. The molecule has 0 aliphatic rings. The van der Waals surface area contributed by atoms with Crippen LogP contribution in [0.1, 0.15) is 25.2 Å². The molecule has 6 nitrogen and oxygen atoms in total. The summed E-state index contributed by atoms with van der Waals surface area (Å²) in [5.41, 5.74) is 2.52. The maximum Gasteiger partial charge on any atom is 0.279 e. The molecule has 0 aliphatic carbocycles. The van der Waals surface area contributed by atoms with E-state index in [1.165, 1.54) is 5.56 Å². The normalized spacial score (nSPS) is 12.1. The van der Waals surface area contributed by atoms with Crippen LogP contribution in [-0.2, 0) is 17.8 Å². The summed E-state index contributed by atoms with van der Waals surface area (Å²) in [6, 6.07) is 15.1. The zero-order valence-electron chi connectivity index (χ0n) is 15.7. The summed E-state index contributed by atoms with van der Waals surface area (Å²) in [6.07, 6.45) is 0.928. The van der Waals surface area contributed by atoms with Gasteiger partial charge in [-0.25, -0.2) is 4.98 Å². The van der Waals surface area contributed by atoms with Crippen LogP contribution in [0.3, 0.4) is 0 Å². The molecule has 3 rings (SSSR count). The number of aromatic nitrogens is 2. The molecule has 1 heterocycles. The molecular formula is C21H25N4O2+. The number of nitrogens with one attached hydrogen (secondary N) is 3. The standard InChI is InChI=1S/C21H24N4O2/c1-3-15-8-7-9-16(12-15)22-20(26)14-25(4-2)13-19-23-18-11-6-5-10-17(18)21(27)24-19/h5-12H,3-4,13-14H2,1-2H3,(H,22,26)(H,23,24,27)/p+1. The zero-order chi connectivity index (χ0) is 19.2. The minimum absolute atomic E-state index is 0.0526. The lowest BCUT2D eigenvalue weighted by Crippen LogP contribution is -3.11. The number of likely N-dealkylation sites (N-methyl/N-ethyl adjacent to an activating group) is 1. The second-order valence-electron chi connectivity index (χ2n) is 6.59. The number of quaternary nitrogens is 1. The van der Waals surface area contributed by atoms with E-state index in [2.05, 4.69) is 22.2 Å². The number of anilines is 1. The average molecular weight is 365 g/mol. The SMILES string of the molecule is CCc1cccc(NC(=O)C[NH+](CC)Cc2nc3ccccc3c(=O)[nH]2)c1. The Morgan fingerprint density at radius 3 is 2.74 bits per heavy atom. The van der Waals surface area contributed by atoms with Gasteiger partial charge in [0.05, 0.1) is 17.4 Å². The number of hydrogen-bond donors (Lipinski definition) is 3. The van der Waals surface area contributed by atoms with E-state index in [1.54, 1.807) is 6.07 Å². The summed E-state index contributed by atoms with van der Waals surface area (Å²) < 4.78 is 0. The third kappa shape index (κ3) is 4.80. The number of aryl methyl sites for hydroxylation is 1. The monoisotopic (exact) mass is 365 g/mol. The van der Waals surface area contributed by atoms with Crippen LogP contribution in [0.2, 0.25) is 0 Å². The van der Waals surface area contributed by atoms with Gasteiger partial charge in [-0.05, 0) is 43.2 Å². The van der Waals surface area contributed by atoms with E-state index in [0.717, 1.165) is 23.6 Å². The van der Waals surface area contributed by atoms with Crippen LogP contribution < -0.4 is 15.8 Å². The molecule has 3 aromatic rings. The van der Waals surface area contributed by atoms with Gasteiger partial charge >= 0.3 is 0 Å². The summed E-state index contributed by atoms with van der Waals surface area (Å²) in [4.78, 5) is 33.0. The van der Waals surface area contributed by atoms with E-state index in [1.807, 2.05) is 49.4 Å². The number of aromatic amines is 1. The molecule has 0 spiro atoms. The number of benzene rings is 2. The minimum atomic E-state index is -0.146. The first kappa shape index (κ1) is 18.8. The van der Waals surface area contributed by atoms with Crippen molar-refractivity contribution in [3.8, 4) is 0 Å². The summed E-state index contributed by atoms with van der Waals surface area (Å²) in [5.74, 6) is 0.541. The second kappa shape index (κ2) is 8.60. The van der Waals surface area contributed by atoms with Gasteiger partial charge in [0, 0.05) is 5.69 Å². The molecule has 140 valence electrons. The van der Waals surface area contributed by atoms with Crippen molar-refractivity contribution in [2.24, 2.45) is 0 Å². The molecule has 0 radical (unpaired) electrons. The van der Waals surface area contributed by atoms with Crippen molar-refractivity contribution in [1.29, 1.82) is 0 Å². The maximum absolute atomic E-state index is 12.4. The molecular weight excluding hydrogens is 340 g/mol. The topological polar surface area (TPSA) is 79.3 Å². The van der Waals surface area contributed by atoms with Gasteiger partial charge in [-0.15, -0.1) is 0 Å². The number of amides is 1. The first-order chi connectivity index (χ1) is 13.1.